The van der Waals surface area contributed by atoms with Crippen molar-refractivity contribution < 1.29 is 4.74 Å². The second-order valence-electron chi connectivity index (χ2n) is 6.88. The molecule has 0 aliphatic carbocycles. The molecule has 0 fully saturated rings. The molecule has 0 bridgehead atoms. The second-order valence-corrected chi connectivity index (χ2v) is 6.88. The maximum absolute atomic E-state index is 5.14. The van der Waals surface area contributed by atoms with Gasteiger partial charge in [-0.05, 0) is 37.8 Å². The van der Waals surface area contributed by atoms with E-state index in [1.54, 1.807) is 7.11 Å². The van der Waals surface area contributed by atoms with Crippen molar-refractivity contribution in [3.8, 4) is 0 Å². The Hall–Kier alpha value is -1.68. The molecule has 28 heavy (non-hydrogen) atoms. The SMILES string of the molecule is CCNC(=NCCc1ccccc1C)NC1CCc2nc(COC)nn2C1.I. The number of ether oxygens (including phenoxy) is 1. The zero-order valence-corrected chi connectivity index (χ0v) is 19.3. The Balaban J connectivity index is 0.00000280. The fraction of sp³-hybridized carbons (Fsp3) is 0.550. The summed E-state index contributed by atoms with van der Waals surface area (Å²) in [5.41, 5.74) is 2.68. The van der Waals surface area contributed by atoms with Crippen LogP contribution < -0.4 is 10.6 Å². The van der Waals surface area contributed by atoms with Gasteiger partial charge in [0.15, 0.2) is 11.8 Å². The quantitative estimate of drug-likeness (QED) is 0.349. The van der Waals surface area contributed by atoms with Gasteiger partial charge in [0.25, 0.3) is 0 Å². The molecule has 1 aromatic heterocycles. The van der Waals surface area contributed by atoms with Crippen LogP contribution in [0.1, 0.15) is 36.1 Å². The summed E-state index contributed by atoms with van der Waals surface area (Å²) in [6, 6.07) is 8.79. The highest BCUT2D eigenvalue weighted by Crippen LogP contribution is 2.13. The maximum atomic E-state index is 5.14. The lowest BCUT2D eigenvalue weighted by Gasteiger charge is -2.25. The van der Waals surface area contributed by atoms with Gasteiger partial charge < -0.3 is 15.4 Å². The third-order valence-corrected chi connectivity index (χ3v) is 4.77. The van der Waals surface area contributed by atoms with E-state index in [2.05, 4.69) is 58.8 Å². The van der Waals surface area contributed by atoms with Gasteiger partial charge in [0, 0.05) is 32.7 Å². The number of fused-ring (bicyclic) bond motifs is 1. The van der Waals surface area contributed by atoms with E-state index in [1.165, 1.54) is 11.1 Å². The van der Waals surface area contributed by atoms with Gasteiger partial charge >= 0.3 is 0 Å². The molecule has 3 rings (SSSR count). The lowest BCUT2D eigenvalue weighted by Crippen LogP contribution is -2.47. The molecule has 8 heteroatoms. The third kappa shape index (κ3) is 6.16. The van der Waals surface area contributed by atoms with Crippen LogP contribution in [0.5, 0.6) is 0 Å². The maximum Gasteiger partial charge on any atom is 0.191 e. The fourth-order valence-corrected chi connectivity index (χ4v) is 3.36. The number of nitrogens with one attached hydrogen (secondary N) is 2. The highest BCUT2D eigenvalue weighted by Gasteiger charge is 2.22. The first-order valence-electron chi connectivity index (χ1n) is 9.70. The molecule has 0 spiro atoms. The molecule has 0 radical (unpaired) electrons. The zero-order chi connectivity index (χ0) is 19.1. The number of nitrogens with zero attached hydrogens (tertiary/aromatic N) is 4. The predicted octanol–water partition coefficient (Wildman–Crippen LogP) is 2.46. The summed E-state index contributed by atoms with van der Waals surface area (Å²) >= 11 is 0. The first-order chi connectivity index (χ1) is 13.2. The molecule has 0 amide bonds. The van der Waals surface area contributed by atoms with Crippen LogP contribution >= 0.6 is 24.0 Å². The minimum atomic E-state index is 0. The number of aromatic nitrogens is 3. The molecule has 2 N–H and O–H groups in total. The number of halogens is 1. The number of hydrogen-bond donors (Lipinski definition) is 2. The molecule has 1 aromatic carbocycles. The molecular formula is C20H31IN6O. The first-order valence-corrected chi connectivity index (χ1v) is 9.70. The number of methoxy groups -OCH3 is 1. The highest BCUT2D eigenvalue weighted by atomic mass is 127. The average Bonchev–Trinajstić information content (AvgIpc) is 3.05. The molecule has 1 aliphatic rings. The molecule has 1 aliphatic heterocycles. The molecule has 1 unspecified atom stereocenters. The topological polar surface area (TPSA) is 76.4 Å². The van der Waals surface area contributed by atoms with Gasteiger partial charge in [-0.1, -0.05) is 24.3 Å². The highest BCUT2D eigenvalue weighted by molar-refractivity contribution is 14.0. The van der Waals surface area contributed by atoms with E-state index in [0.717, 1.165) is 56.5 Å². The smallest absolute Gasteiger partial charge is 0.191 e. The van der Waals surface area contributed by atoms with Crippen LogP contribution in [-0.4, -0.2) is 47.0 Å². The Kier molecular flexibility index (Phi) is 9.17. The van der Waals surface area contributed by atoms with Crippen molar-refractivity contribution in [3.05, 3.63) is 47.0 Å². The van der Waals surface area contributed by atoms with Crippen molar-refractivity contribution in [3.63, 3.8) is 0 Å². The number of aryl methyl sites for hydroxylation is 2. The predicted molar refractivity (Wildman–Crippen MR) is 122 cm³/mol. The van der Waals surface area contributed by atoms with Crippen molar-refractivity contribution >= 4 is 29.9 Å². The second kappa shape index (κ2) is 11.4. The molecule has 0 saturated heterocycles. The number of benzene rings is 1. The Morgan fingerprint density at radius 2 is 2.18 bits per heavy atom. The van der Waals surface area contributed by atoms with E-state index in [-0.39, 0.29) is 24.0 Å². The number of aliphatic imine (C=N–C) groups is 1. The van der Waals surface area contributed by atoms with Crippen molar-refractivity contribution in [1.29, 1.82) is 0 Å². The minimum Gasteiger partial charge on any atom is -0.377 e. The van der Waals surface area contributed by atoms with Gasteiger partial charge in [-0.2, -0.15) is 5.10 Å². The molecule has 2 aromatic rings. The average molecular weight is 498 g/mol. The van der Waals surface area contributed by atoms with Gasteiger partial charge in [-0.15, -0.1) is 24.0 Å². The van der Waals surface area contributed by atoms with E-state index in [4.69, 9.17) is 9.73 Å². The largest absolute Gasteiger partial charge is 0.377 e. The van der Waals surface area contributed by atoms with E-state index >= 15 is 0 Å². The first kappa shape index (κ1) is 22.6. The Morgan fingerprint density at radius 3 is 2.93 bits per heavy atom. The molecule has 2 heterocycles. The van der Waals surface area contributed by atoms with Crippen molar-refractivity contribution in [2.75, 3.05) is 20.2 Å². The van der Waals surface area contributed by atoms with E-state index in [9.17, 15) is 0 Å². The van der Waals surface area contributed by atoms with E-state index < -0.39 is 0 Å². The van der Waals surface area contributed by atoms with Gasteiger partial charge in [-0.3, -0.25) is 4.99 Å². The third-order valence-electron chi connectivity index (χ3n) is 4.77. The molecule has 1 atom stereocenters. The Labute approximate surface area is 184 Å². The monoisotopic (exact) mass is 498 g/mol. The minimum absolute atomic E-state index is 0. The standard InChI is InChI=1S/C20H30N6O.HI/c1-4-21-20(22-12-11-16-8-6-5-7-15(16)2)23-17-9-10-19-24-18(14-27-3)25-26(19)13-17;/h5-8,17H,4,9-14H2,1-3H3,(H2,21,22,23);1H. The van der Waals surface area contributed by atoms with Gasteiger partial charge in [-0.25, -0.2) is 9.67 Å². The normalized spacial score (nSPS) is 16.2. The molecule has 7 nitrogen and oxygen atoms in total. The van der Waals surface area contributed by atoms with Crippen molar-refractivity contribution in [2.45, 2.75) is 52.3 Å². The van der Waals surface area contributed by atoms with E-state index in [0.29, 0.717) is 12.6 Å². The summed E-state index contributed by atoms with van der Waals surface area (Å²) in [5.74, 6) is 2.67. The fourth-order valence-electron chi connectivity index (χ4n) is 3.36. The summed E-state index contributed by atoms with van der Waals surface area (Å²) in [7, 11) is 1.67. The lowest BCUT2D eigenvalue weighted by molar-refractivity contribution is 0.177. The summed E-state index contributed by atoms with van der Waals surface area (Å²) < 4.78 is 7.13. The van der Waals surface area contributed by atoms with Crippen molar-refractivity contribution in [2.24, 2.45) is 4.99 Å². The summed E-state index contributed by atoms with van der Waals surface area (Å²) in [4.78, 5) is 9.30. The zero-order valence-electron chi connectivity index (χ0n) is 16.9. The van der Waals surface area contributed by atoms with Crippen LogP contribution in [-0.2, 0) is 30.7 Å². The van der Waals surface area contributed by atoms with Crippen LogP contribution in [0.25, 0.3) is 0 Å². The van der Waals surface area contributed by atoms with Crippen LogP contribution in [0, 0.1) is 6.92 Å². The van der Waals surface area contributed by atoms with Crippen LogP contribution in [0.2, 0.25) is 0 Å². The van der Waals surface area contributed by atoms with Crippen LogP contribution in [0.3, 0.4) is 0 Å². The van der Waals surface area contributed by atoms with Gasteiger partial charge in [0.05, 0.1) is 6.54 Å². The van der Waals surface area contributed by atoms with Crippen LogP contribution in [0.4, 0.5) is 0 Å². The number of hydrogen-bond acceptors (Lipinski definition) is 4. The number of rotatable bonds is 7. The Morgan fingerprint density at radius 1 is 1.36 bits per heavy atom. The molecule has 0 saturated carbocycles. The summed E-state index contributed by atoms with van der Waals surface area (Å²) in [6.45, 7) is 7.11. The van der Waals surface area contributed by atoms with Gasteiger partial charge in [0.2, 0.25) is 0 Å². The lowest BCUT2D eigenvalue weighted by atomic mass is 10.1. The Bertz CT molecular complexity index is 776. The summed E-state index contributed by atoms with van der Waals surface area (Å²) in [5, 5.41) is 11.4. The molecular weight excluding hydrogens is 467 g/mol. The molecule has 154 valence electrons. The number of guanidine groups is 1. The van der Waals surface area contributed by atoms with E-state index in [1.807, 2.05) is 4.68 Å². The van der Waals surface area contributed by atoms with Gasteiger partial charge in [0.1, 0.15) is 12.4 Å². The van der Waals surface area contributed by atoms with Crippen molar-refractivity contribution in [1.82, 2.24) is 25.4 Å². The van der Waals surface area contributed by atoms with Crippen LogP contribution in [0.15, 0.2) is 29.3 Å². The summed E-state index contributed by atoms with van der Waals surface area (Å²) in [6.07, 6.45) is 2.88.